The average Bonchev–Trinajstić information content (AvgIpc) is 2.79. The SMILES string of the molecule is CCC(C)N(CC)CC1CCC(CNC(C)(C)C)O1. The molecule has 0 spiro atoms. The number of nitrogens with one attached hydrogen (secondary N) is 1. The fourth-order valence-electron chi connectivity index (χ4n) is 2.63. The van der Waals surface area contributed by atoms with Gasteiger partial charge in [-0.25, -0.2) is 0 Å². The maximum absolute atomic E-state index is 6.18. The summed E-state index contributed by atoms with van der Waals surface area (Å²) in [6, 6.07) is 0.667. The summed E-state index contributed by atoms with van der Waals surface area (Å²) in [5.74, 6) is 0. The van der Waals surface area contributed by atoms with Gasteiger partial charge in [-0.3, -0.25) is 4.90 Å². The average molecular weight is 270 g/mol. The summed E-state index contributed by atoms with van der Waals surface area (Å²) in [5.41, 5.74) is 0.188. The van der Waals surface area contributed by atoms with Gasteiger partial charge >= 0.3 is 0 Å². The molecule has 0 aromatic carbocycles. The van der Waals surface area contributed by atoms with Crippen LogP contribution in [-0.2, 0) is 4.74 Å². The van der Waals surface area contributed by atoms with E-state index >= 15 is 0 Å². The smallest absolute Gasteiger partial charge is 0.0707 e. The summed E-state index contributed by atoms with van der Waals surface area (Å²) in [4.78, 5) is 2.55. The molecule has 1 rings (SSSR count). The molecule has 1 aliphatic heterocycles. The molecule has 1 N–H and O–H groups in total. The van der Waals surface area contributed by atoms with Gasteiger partial charge in [0, 0.05) is 24.7 Å². The number of likely N-dealkylation sites (N-methyl/N-ethyl adjacent to an activating group) is 1. The second-order valence-electron chi connectivity index (χ2n) is 6.93. The molecular weight excluding hydrogens is 236 g/mol. The topological polar surface area (TPSA) is 24.5 Å². The Hall–Kier alpha value is -0.120. The molecule has 3 unspecified atom stereocenters. The van der Waals surface area contributed by atoms with E-state index in [2.05, 4.69) is 51.8 Å². The second kappa shape index (κ2) is 7.61. The Morgan fingerprint density at radius 3 is 2.37 bits per heavy atom. The highest BCUT2D eigenvalue weighted by atomic mass is 16.5. The Labute approximate surface area is 120 Å². The fraction of sp³-hybridized carbons (Fsp3) is 1.00. The Morgan fingerprint density at radius 1 is 1.21 bits per heavy atom. The number of rotatable bonds is 7. The van der Waals surface area contributed by atoms with Gasteiger partial charge in [0.05, 0.1) is 12.2 Å². The Morgan fingerprint density at radius 2 is 1.84 bits per heavy atom. The molecular formula is C16H34N2O. The normalized spacial score (nSPS) is 26.1. The minimum Gasteiger partial charge on any atom is -0.372 e. The minimum atomic E-state index is 0.188. The van der Waals surface area contributed by atoms with E-state index in [0.29, 0.717) is 18.2 Å². The zero-order valence-electron chi connectivity index (χ0n) is 13.8. The van der Waals surface area contributed by atoms with Crippen molar-refractivity contribution in [1.82, 2.24) is 10.2 Å². The summed E-state index contributed by atoms with van der Waals surface area (Å²) >= 11 is 0. The molecule has 1 saturated heterocycles. The van der Waals surface area contributed by atoms with Crippen molar-refractivity contribution in [3.63, 3.8) is 0 Å². The fourth-order valence-corrected chi connectivity index (χ4v) is 2.63. The van der Waals surface area contributed by atoms with E-state index in [1.54, 1.807) is 0 Å². The third kappa shape index (κ3) is 6.24. The second-order valence-corrected chi connectivity index (χ2v) is 6.93. The quantitative estimate of drug-likeness (QED) is 0.769. The van der Waals surface area contributed by atoms with Crippen LogP contribution in [0.1, 0.15) is 60.8 Å². The van der Waals surface area contributed by atoms with Crippen molar-refractivity contribution in [3.05, 3.63) is 0 Å². The highest BCUT2D eigenvalue weighted by Gasteiger charge is 2.28. The Kier molecular flexibility index (Phi) is 6.78. The van der Waals surface area contributed by atoms with Gasteiger partial charge < -0.3 is 10.1 Å². The summed E-state index contributed by atoms with van der Waals surface area (Å²) in [6.45, 7) is 16.7. The molecule has 114 valence electrons. The number of nitrogens with zero attached hydrogens (tertiary/aromatic N) is 1. The largest absolute Gasteiger partial charge is 0.372 e. The molecule has 1 heterocycles. The zero-order chi connectivity index (χ0) is 14.5. The number of ether oxygens (including phenoxy) is 1. The number of hydrogen-bond acceptors (Lipinski definition) is 3. The molecule has 1 fully saturated rings. The van der Waals surface area contributed by atoms with Crippen LogP contribution < -0.4 is 5.32 Å². The van der Waals surface area contributed by atoms with E-state index in [1.807, 2.05) is 0 Å². The van der Waals surface area contributed by atoms with Crippen molar-refractivity contribution in [3.8, 4) is 0 Å². The maximum atomic E-state index is 6.18. The van der Waals surface area contributed by atoms with E-state index in [-0.39, 0.29) is 5.54 Å². The monoisotopic (exact) mass is 270 g/mol. The van der Waals surface area contributed by atoms with Gasteiger partial charge in [0.25, 0.3) is 0 Å². The molecule has 0 aromatic heterocycles. The first-order valence-corrected chi connectivity index (χ1v) is 8.00. The van der Waals surface area contributed by atoms with Crippen LogP contribution in [0.5, 0.6) is 0 Å². The lowest BCUT2D eigenvalue weighted by molar-refractivity contribution is 0.0145. The van der Waals surface area contributed by atoms with Crippen molar-refractivity contribution in [2.75, 3.05) is 19.6 Å². The van der Waals surface area contributed by atoms with Gasteiger partial charge in [-0.1, -0.05) is 13.8 Å². The first kappa shape index (κ1) is 16.9. The van der Waals surface area contributed by atoms with Crippen LogP contribution in [-0.4, -0.2) is 48.3 Å². The third-order valence-electron chi connectivity index (χ3n) is 4.11. The van der Waals surface area contributed by atoms with Crippen LogP contribution in [0.2, 0.25) is 0 Å². The van der Waals surface area contributed by atoms with Gasteiger partial charge in [0.15, 0.2) is 0 Å². The molecule has 0 saturated carbocycles. The van der Waals surface area contributed by atoms with Gasteiger partial charge in [-0.15, -0.1) is 0 Å². The summed E-state index contributed by atoms with van der Waals surface area (Å²) in [6.07, 6.45) is 4.46. The van der Waals surface area contributed by atoms with Crippen LogP contribution in [0.15, 0.2) is 0 Å². The standard InChI is InChI=1S/C16H34N2O/c1-7-13(3)18(8-2)12-15-10-9-14(19-15)11-17-16(4,5)6/h13-15,17H,7-12H2,1-6H3. The lowest BCUT2D eigenvalue weighted by Crippen LogP contribution is -2.42. The molecule has 0 aliphatic carbocycles. The highest BCUT2D eigenvalue weighted by molar-refractivity contribution is 4.81. The van der Waals surface area contributed by atoms with Gasteiger partial charge in [0.2, 0.25) is 0 Å². The molecule has 3 heteroatoms. The van der Waals surface area contributed by atoms with Crippen LogP contribution >= 0.6 is 0 Å². The number of hydrogen-bond donors (Lipinski definition) is 1. The molecule has 3 atom stereocenters. The summed E-state index contributed by atoms with van der Waals surface area (Å²) in [5, 5.41) is 3.55. The minimum absolute atomic E-state index is 0.188. The molecule has 19 heavy (non-hydrogen) atoms. The van der Waals surface area contributed by atoms with E-state index in [9.17, 15) is 0 Å². The van der Waals surface area contributed by atoms with E-state index < -0.39 is 0 Å². The predicted molar refractivity (Wildman–Crippen MR) is 82.7 cm³/mol. The van der Waals surface area contributed by atoms with Crippen molar-refractivity contribution in [2.24, 2.45) is 0 Å². The van der Waals surface area contributed by atoms with Crippen LogP contribution in [0.25, 0.3) is 0 Å². The van der Waals surface area contributed by atoms with Crippen molar-refractivity contribution in [2.45, 2.75) is 84.6 Å². The summed E-state index contributed by atoms with van der Waals surface area (Å²) < 4.78 is 6.18. The van der Waals surface area contributed by atoms with Gasteiger partial charge in [-0.2, -0.15) is 0 Å². The van der Waals surface area contributed by atoms with Crippen molar-refractivity contribution in [1.29, 1.82) is 0 Å². The van der Waals surface area contributed by atoms with Gasteiger partial charge in [0.1, 0.15) is 0 Å². The molecule has 0 aromatic rings. The maximum Gasteiger partial charge on any atom is 0.0707 e. The van der Waals surface area contributed by atoms with Crippen molar-refractivity contribution >= 4 is 0 Å². The molecule has 0 bridgehead atoms. The van der Waals surface area contributed by atoms with Gasteiger partial charge in [-0.05, 0) is 53.5 Å². The molecule has 0 radical (unpaired) electrons. The van der Waals surface area contributed by atoms with Crippen molar-refractivity contribution < 1.29 is 4.74 Å². The first-order chi connectivity index (χ1) is 8.85. The molecule has 0 amide bonds. The molecule has 1 aliphatic rings. The lowest BCUT2D eigenvalue weighted by Gasteiger charge is -2.29. The van der Waals surface area contributed by atoms with E-state index in [0.717, 1.165) is 19.6 Å². The highest BCUT2D eigenvalue weighted by Crippen LogP contribution is 2.21. The molecule has 3 nitrogen and oxygen atoms in total. The zero-order valence-corrected chi connectivity index (χ0v) is 13.8. The van der Waals surface area contributed by atoms with Crippen LogP contribution in [0.4, 0.5) is 0 Å². The van der Waals surface area contributed by atoms with E-state index in [4.69, 9.17) is 4.74 Å². The van der Waals surface area contributed by atoms with Crippen LogP contribution in [0.3, 0.4) is 0 Å². The third-order valence-corrected chi connectivity index (χ3v) is 4.11. The Balaban J connectivity index is 2.31. The Bertz CT molecular complexity index is 250. The van der Waals surface area contributed by atoms with E-state index in [1.165, 1.54) is 19.3 Å². The predicted octanol–water partition coefficient (Wildman–Crippen LogP) is 3.04. The first-order valence-electron chi connectivity index (χ1n) is 8.00. The van der Waals surface area contributed by atoms with Crippen LogP contribution in [0, 0.1) is 0 Å². The lowest BCUT2D eigenvalue weighted by atomic mass is 10.1. The summed E-state index contributed by atoms with van der Waals surface area (Å²) in [7, 11) is 0.